The van der Waals surface area contributed by atoms with Crippen LogP contribution in [0.5, 0.6) is 0 Å². The van der Waals surface area contributed by atoms with Gasteiger partial charge in [-0.3, -0.25) is 0 Å². The van der Waals surface area contributed by atoms with E-state index in [4.69, 9.17) is 4.74 Å². The van der Waals surface area contributed by atoms with Crippen LogP contribution in [0, 0.1) is 0 Å². The lowest BCUT2D eigenvalue weighted by atomic mass is 10.0. The Balaban J connectivity index is 2.61. The molecule has 0 saturated carbocycles. The summed E-state index contributed by atoms with van der Waals surface area (Å²) in [5.74, 6) is 0.769. The van der Waals surface area contributed by atoms with E-state index in [1.165, 1.54) is 0 Å². The second-order valence-corrected chi connectivity index (χ2v) is 4.17. The second-order valence-electron chi connectivity index (χ2n) is 3.26. The molecule has 0 amide bonds. The number of rotatable bonds is 5. The summed E-state index contributed by atoms with van der Waals surface area (Å²) >= 11 is 3.40. The van der Waals surface area contributed by atoms with Crippen molar-refractivity contribution in [2.24, 2.45) is 0 Å². The van der Waals surface area contributed by atoms with E-state index in [1.54, 1.807) is 0 Å². The molecular weight excluding hydrogens is 252 g/mol. The molecule has 15 heavy (non-hydrogen) atoms. The predicted molar refractivity (Wildman–Crippen MR) is 68.6 cm³/mol. The van der Waals surface area contributed by atoms with E-state index in [2.05, 4.69) is 29.1 Å². The fourth-order valence-electron chi connectivity index (χ4n) is 1.28. The van der Waals surface area contributed by atoms with Crippen LogP contribution in [0.4, 0.5) is 0 Å². The van der Waals surface area contributed by atoms with E-state index in [0.717, 1.165) is 21.4 Å². The minimum atomic E-state index is 0.659. The molecule has 1 nitrogen and oxygen atoms in total. The summed E-state index contributed by atoms with van der Waals surface area (Å²) in [5.41, 5.74) is 2.15. The molecule has 0 aromatic heterocycles. The first kappa shape index (κ1) is 12.1. The third-order valence-electron chi connectivity index (χ3n) is 2.01. The lowest BCUT2D eigenvalue weighted by Crippen LogP contribution is -1.92. The van der Waals surface area contributed by atoms with E-state index < -0.39 is 0 Å². The minimum Gasteiger partial charge on any atom is -0.498 e. The maximum Gasteiger partial charge on any atom is 0.0931 e. The number of ether oxygens (including phenoxy) is 1. The molecule has 2 heteroatoms. The number of halogens is 1. The molecule has 0 unspecified atom stereocenters. The van der Waals surface area contributed by atoms with Crippen molar-refractivity contribution in [1.82, 2.24) is 0 Å². The maximum atomic E-state index is 5.29. The molecule has 80 valence electrons. The lowest BCUT2D eigenvalue weighted by molar-refractivity contribution is 0.227. The van der Waals surface area contributed by atoms with Gasteiger partial charge in [0, 0.05) is 10.9 Å². The highest BCUT2D eigenvalue weighted by Crippen LogP contribution is 2.22. The van der Waals surface area contributed by atoms with E-state index in [1.807, 2.05) is 31.2 Å². The molecule has 0 saturated heterocycles. The van der Waals surface area contributed by atoms with Crippen LogP contribution in [0.1, 0.15) is 18.9 Å². The van der Waals surface area contributed by atoms with Gasteiger partial charge in [0.15, 0.2) is 0 Å². The van der Waals surface area contributed by atoms with Crippen LogP contribution < -0.4 is 0 Å². The minimum absolute atomic E-state index is 0.659. The molecule has 0 aliphatic heterocycles. The molecule has 0 fully saturated rings. The van der Waals surface area contributed by atoms with Gasteiger partial charge >= 0.3 is 0 Å². The largest absolute Gasteiger partial charge is 0.498 e. The number of allylic oxidation sites excluding steroid dienone is 1. The Morgan fingerprint density at radius 2 is 1.87 bits per heavy atom. The van der Waals surface area contributed by atoms with Crippen LogP contribution in [-0.2, 0) is 4.74 Å². The van der Waals surface area contributed by atoms with Gasteiger partial charge in [0.2, 0.25) is 0 Å². The van der Waals surface area contributed by atoms with Gasteiger partial charge in [-0.1, -0.05) is 41.2 Å². The summed E-state index contributed by atoms with van der Waals surface area (Å²) in [4.78, 5) is 0. The van der Waals surface area contributed by atoms with Gasteiger partial charge < -0.3 is 4.74 Å². The Morgan fingerprint density at radius 3 is 2.40 bits per heavy atom. The van der Waals surface area contributed by atoms with Gasteiger partial charge in [0.1, 0.15) is 0 Å². The molecule has 0 N–H and O–H groups in total. The van der Waals surface area contributed by atoms with Gasteiger partial charge in [0.25, 0.3) is 0 Å². The number of hydrogen-bond donors (Lipinski definition) is 0. The summed E-state index contributed by atoms with van der Waals surface area (Å²) in [5, 5.41) is 0. The van der Waals surface area contributed by atoms with Crippen molar-refractivity contribution in [3.05, 3.63) is 53.2 Å². The van der Waals surface area contributed by atoms with E-state index >= 15 is 0 Å². The fraction of sp³-hybridized carbons (Fsp3) is 0.231. The summed E-state index contributed by atoms with van der Waals surface area (Å²) in [6.07, 6.45) is 0.690. The zero-order chi connectivity index (χ0) is 11.3. The molecule has 0 bridgehead atoms. The van der Waals surface area contributed by atoms with Crippen molar-refractivity contribution in [2.45, 2.75) is 13.3 Å². The molecule has 1 rings (SSSR count). The van der Waals surface area contributed by atoms with Crippen molar-refractivity contribution in [3.8, 4) is 0 Å². The molecule has 1 aromatic carbocycles. The van der Waals surface area contributed by atoms with Gasteiger partial charge in [-0.05, 0) is 30.2 Å². The zero-order valence-electron chi connectivity index (χ0n) is 8.92. The Bertz CT molecular complexity index is 351. The summed E-state index contributed by atoms with van der Waals surface area (Å²) in [6, 6.07) is 8.07. The Morgan fingerprint density at radius 1 is 1.27 bits per heavy atom. The van der Waals surface area contributed by atoms with Crippen molar-refractivity contribution in [2.75, 3.05) is 6.61 Å². The smallest absolute Gasteiger partial charge is 0.0931 e. The van der Waals surface area contributed by atoms with Crippen LogP contribution in [0.25, 0.3) is 5.57 Å². The van der Waals surface area contributed by atoms with E-state index in [0.29, 0.717) is 13.0 Å². The standard InChI is InChI=1S/C13H15BrO/c1-4-15-11(3)9-10(2)12-5-7-13(14)8-6-12/h5-8H,2-4,9H2,1H3. The highest BCUT2D eigenvalue weighted by molar-refractivity contribution is 9.10. The Labute approximate surface area is 99.6 Å². The molecule has 0 radical (unpaired) electrons. The summed E-state index contributed by atoms with van der Waals surface area (Å²) < 4.78 is 6.37. The van der Waals surface area contributed by atoms with Gasteiger partial charge in [-0.2, -0.15) is 0 Å². The Hall–Kier alpha value is -1.02. The Kier molecular flexibility index (Phi) is 4.63. The van der Waals surface area contributed by atoms with Crippen LogP contribution in [0.2, 0.25) is 0 Å². The summed E-state index contributed by atoms with van der Waals surface area (Å²) in [6.45, 7) is 10.5. The summed E-state index contributed by atoms with van der Waals surface area (Å²) in [7, 11) is 0. The molecule has 0 spiro atoms. The van der Waals surface area contributed by atoms with Crippen LogP contribution in [0.3, 0.4) is 0 Å². The zero-order valence-corrected chi connectivity index (χ0v) is 10.5. The van der Waals surface area contributed by atoms with Crippen LogP contribution in [0.15, 0.2) is 47.7 Å². The third kappa shape index (κ3) is 3.92. The van der Waals surface area contributed by atoms with Crippen LogP contribution >= 0.6 is 15.9 Å². The molecule has 0 aliphatic rings. The molecule has 0 atom stereocenters. The monoisotopic (exact) mass is 266 g/mol. The third-order valence-corrected chi connectivity index (χ3v) is 2.54. The van der Waals surface area contributed by atoms with Crippen molar-refractivity contribution >= 4 is 21.5 Å². The molecular formula is C13H15BrO. The highest BCUT2D eigenvalue weighted by atomic mass is 79.9. The average Bonchev–Trinajstić information content (AvgIpc) is 2.18. The average molecular weight is 267 g/mol. The van der Waals surface area contributed by atoms with Crippen LogP contribution in [-0.4, -0.2) is 6.61 Å². The topological polar surface area (TPSA) is 9.23 Å². The van der Waals surface area contributed by atoms with Gasteiger partial charge in [-0.15, -0.1) is 0 Å². The highest BCUT2D eigenvalue weighted by Gasteiger charge is 2.01. The fourth-order valence-corrected chi connectivity index (χ4v) is 1.55. The second kappa shape index (κ2) is 5.76. The maximum absolute atomic E-state index is 5.29. The predicted octanol–water partition coefficient (Wildman–Crippen LogP) is 4.40. The van der Waals surface area contributed by atoms with Crippen molar-refractivity contribution < 1.29 is 4.74 Å². The first-order valence-corrected chi connectivity index (χ1v) is 5.67. The molecule has 1 aromatic rings. The van der Waals surface area contributed by atoms with Gasteiger partial charge in [0.05, 0.1) is 12.4 Å². The van der Waals surface area contributed by atoms with Gasteiger partial charge in [-0.25, -0.2) is 0 Å². The van der Waals surface area contributed by atoms with E-state index in [-0.39, 0.29) is 0 Å². The molecule has 0 heterocycles. The van der Waals surface area contributed by atoms with Crippen molar-refractivity contribution in [3.63, 3.8) is 0 Å². The number of benzene rings is 1. The first-order chi connectivity index (χ1) is 7.13. The molecule has 0 aliphatic carbocycles. The van der Waals surface area contributed by atoms with Crippen molar-refractivity contribution in [1.29, 1.82) is 0 Å². The number of hydrogen-bond acceptors (Lipinski definition) is 1. The quantitative estimate of drug-likeness (QED) is 0.718. The SMILES string of the molecule is C=C(CC(=C)c1ccc(Br)cc1)OCC. The van der Waals surface area contributed by atoms with E-state index in [9.17, 15) is 0 Å². The lowest BCUT2D eigenvalue weighted by Gasteiger charge is -2.09. The first-order valence-electron chi connectivity index (χ1n) is 4.87. The normalized spacial score (nSPS) is 9.73.